The van der Waals surface area contributed by atoms with E-state index in [-0.39, 0.29) is 16.8 Å². The van der Waals surface area contributed by atoms with Crippen LogP contribution in [-0.4, -0.2) is 5.54 Å². The molecule has 82 valence electrons. The standard InChI is InChI=1S/C13H18FN/c1-9-5-4-6-10(11(9)14)13(7-8-13)12(2,3)15/h4-6H,7-8,15H2,1-3H3. The van der Waals surface area contributed by atoms with Crippen molar-refractivity contribution in [3.63, 3.8) is 0 Å². The van der Waals surface area contributed by atoms with Crippen molar-refractivity contribution in [3.8, 4) is 0 Å². The van der Waals surface area contributed by atoms with Gasteiger partial charge in [0.15, 0.2) is 0 Å². The molecule has 0 spiro atoms. The molecular weight excluding hydrogens is 189 g/mol. The Morgan fingerprint density at radius 2 is 1.93 bits per heavy atom. The lowest BCUT2D eigenvalue weighted by Crippen LogP contribution is -2.45. The second-order valence-electron chi connectivity index (χ2n) is 5.24. The molecule has 0 aliphatic heterocycles. The fraction of sp³-hybridized carbons (Fsp3) is 0.538. The lowest BCUT2D eigenvalue weighted by Gasteiger charge is -2.31. The first-order chi connectivity index (χ1) is 6.88. The van der Waals surface area contributed by atoms with Gasteiger partial charge in [0.05, 0.1) is 0 Å². The van der Waals surface area contributed by atoms with Crippen molar-refractivity contribution in [1.82, 2.24) is 0 Å². The number of benzene rings is 1. The zero-order valence-electron chi connectivity index (χ0n) is 9.60. The number of halogens is 1. The summed E-state index contributed by atoms with van der Waals surface area (Å²) in [6.45, 7) is 5.78. The molecule has 15 heavy (non-hydrogen) atoms. The van der Waals surface area contributed by atoms with Crippen molar-refractivity contribution in [3.05, 3.63) is 35.1 Å². The van der Waals surface area contributed by atoms with Crippen LogP contribution < -0.4 is 5.73 Å². The summed E-state index contributed by atoms with van der Waals surface area (Å²) in [6.07, 6.45) is 1.99. The van der Waals surface area contributed by atoms with Crippen LogP contribution in [0.5, 0.6) is 0 Å². The van der Waals surface area contributed by atoms with Crippen LogP contribution >= 0.6 is 0 Å². The van der Waals surface area contributed by atoms with E-state index >= 15 is 0 Å². The van der Waals surface area contributed by atoms with Gasteiger partial charge < -0.3 is 5.73 Å². The lowest BCUT2D eigenvalue weighted by atomic mass is 9.78. The van der Waals surface area contributed by atoms with Crippen molar-refractivity contribution in [1.29, 1.82) is 0 Å². The van der Waals surface area contributed by atoms with E-state index in [0.717, 1.165) is 18.4 Å². The highest BCUT2D eigenvalue weighted by molar-refractivity contribution is 5.39. The van der Waals surface area contributed by atoms with E-state index in [0.29, 0.717) is 5.56 Å². The molecule has 0 bridgehead atoms. The van der Waals surface area contributed by atoms with Gasteiger partial charge in [0.1, 0.15) is 5.82 Å². The molecule has 0 saturated heterocycles. The topological polar surface area (TPSA) is 26.0 Å². The van der Waals surface area contributed by atoms with Gasteiger partial charge in [-0.15, -0.1) is 0 Å². The number of hydrogen-bond acceptors (Lipinski definition) is 1. The van der Waals surface area contributed by atoms with E-state index in [1.165, 1.54) is 0 Å². The molecule has 0 atom stereocenters. The zero-order chi connectivity index (χ0) is 11.3. The maximum Gasteiger partial charge on any atom is 0.129 e. The molecule has 0 unspecified atom stereocenters. The van der Waals surface area contributed by atoms with Crippen LogP contribution in [0.2, 0.25) is 0 Å². The molecule has 0 heterocycles. The molecule has 1 saturated carbocycles. The monoisotopic (exact) mass is 207 g/mol. The summed E-state index contributed by atoms with van der Waals surface area (Å²) in [5.41, 5.74) is 7.19. The van der Waals surface area contributed by atoms with Crippen molar-refractivity contribution in [2.75, 3.05) is 0 Å². The molecule has 0 amide bonds. The summed E-state index contributed by atoms with van der Waals surface area (Å²) < 4.78 is 14.0. The van der Waals surface area contributed by atoms with Gasteiger partial charge in [-0.3, -0.25) is 0 Å². The third-order valence-corrected chi connectivity index (χ3v) is 3.69. The Morgan fingerprint density at radius 3 is 2.40 bits per heavy atom. The molecule has 2 N–H and O–H groups in total. The summed E-state index contributed by atoms with van der Waals surface area (Å²) in [6, 6.07) is 5.60. The smallest absolute Gasteiger partial charge is 0.129 e. The average molecular weight is 207 g/mol. The van der Waals surface area contributed by atoms with Crippen LogP contribution in [0.25, 0.3) is 0 Å². The summed E-state index contributed by atoms with van der Waals surface area (Å²) in [5.74, 6) is -0.0754. The van der Waals surface area contributed by atoms with E-state index in [1.807, 2.05) is 26.0 Å². The third-order valence-electron chi connectivity index (χ3n) is 3.69. The van der Waals surface area contributed by atoms with Gasteiger partial charge in [0.2, 0.25) is 0 Å². The predicted molar refractivity (Wildman–Crippen MR) is 60.3 cm³/mol. The van der Waals surface area contributed by atoms with E-state index in [4.69, 9.17) is 5.73 Å². The normalized spacial score (nSPS) is 19.0. The predicted octanol–water partition coefficient (Wildman–Crippen LogP) is 2.90. The minimum atomic E-state index is -0.346. The first-order valence-electron chi connectivity index (χ1n) is 5.43. The fourth-order valence-corrected chi connectivity index (χ4v) is 2.40. The first-order valence-corrected chi connectivity index (χ1v) is 5.43. The maximum absolute atomic E-state index is 14.0. The van der Waals surface area contributed by atoms with Crippen LogP contribution in [0.3, 0.4) is 0 Å². The van der Waals surface area contributed by atoms with Crippen LogP contribution in [0.15, 0.2) is 18.2 Å². The molecule has 0 radical (unpaired) electrons. The Kier molecular flexibility index (Phi) is 2.16. The Labute approximate surface area is 90.5 Å². The van der Waals surface area contributed by atoms with Crippen LogP contribution in [-0.2, 0) is 5.41 Å². The van der Waals surface area contributed by atoms with Crippen molar-refractivity contribution in [2.45, 2.75) is 44.6 Å². The molecular formula is C13H18FN. The van der Waals surface area contributed by atoms with Gasteiger partial charge >= 0.3 is 0 Å². The molecule has 2 rings (SSSR count). The average Bonchev–Trinajstić information content (AvgIpc) is 2.89. The number of nitrogens with two attached hydrogens (primary N) is 1. The molecule has 1 aliphatic carbocycles. The number of rotatable bonds is 2. The molecule has 1 fully saturated rings. The van der Waals surface area contributed by atoms with Crippen LogP contribution in [0.1, 0.15) is 37.8 Å². The summed E-state index contributed by atoms with van der Waals surface area (Å²) in [7, 11) is 0. The number of aryl methyl sites for hydroxylation is 1. The van der Waals surface area contributed by atoms with Gasteiger partial charge in [-0.2, -0.15) is 0 Å². The Balaban J connectivity index is 2.51. The lowest BCUT2D eigenvalue weighted by molar-refractivity contribution is 0.378. The Hall–Kier alpha value is -0.890. The second kappa shape index (κ2) is 3.05. The molecule has 1 aromatic carbocycles. The van der Waals surface area contributed by atoms with E-state index in [1.54, 1.807) is 13.0 Å². The van der Waals surface area contributed by atoms with Crippen molar-refractivity contribution in [2.24, 2.45) is 5.73 Å². The van der Waals surface area contributed by atoms with Gasteiger partial charge in [-0.1, -0.05) is 18.2 Å². The molecule has 1 aromatic rings. The SMILES string of the molecule is Cc1cccc(C2(C(C)(C)N)CC2)c1F. The van der Waals surface area contributed by atoms with Gasteiger partial charge in [0, 0.05) is 11.0 Å². The van der Waals surface area contributed by atoms with Gasteiger partial charge in [-0.25, -0.2) is 4.39 Å². The van der Waals surface area contributed by atoms with E-state index < -0.39 is 0 Å². The van der Waals surface area contributed by atoms with Crippen LogP contribution in [0, 0.1) is 12.7 Å². The highest BCUT2D eigenvalue weighted by Crippen LogP contribution is 2.55. The summed E-state index contributed by atoms with van der Waals surface area (Å²) >= 11 is 0. The summed E-state index contributed by atoms with van der Waals surface area (Å²) in [4.78, 5) is 0. The minimum absolute atomic E-state index is 0.0754. The molecule has 0 aromatic heterocycles. The Morgan fingerprint density at radius 1 is 1.33 bits per heavy atom. The van der Waals surface area contributed by atoms with E-state index in [9.17, 15) is 4.39 Å². The molecule has 1 nitrogen and oxygen atoms in total. The number of hydrogen-bond donors (Lipinski definition) is 1. The largest absolute Gasteiger partial charge is 0.325 e. The summed E-state index contributed by atoms with van der Waals surface area (Å²) in [5, 5.41) is 0. The molecule has 1 aliphatic rings. The van der Waals surface area contributed by atoms with Gasteiger partial charge in [-0.05, 0) is 44.7 Å². The second-order valence-corrected chi connectivity index (χ2v) is 5.24. The first kappa shape index (κ1) is 10.6. The molecule has 2 heteroatoms. The minimum Gasteiger partial charge on any atom is -0.325 e. The van der Waals surface area contributed by atoms with Gasteiger partial charge in [0.25, 0.3) is 0 Å². The maximum atomic E-state index is 14.0. The Bertz CT molecular complexity index is 386. The quantitative estimate of drug-likeness (QED) is 0.792. The third kappa shape index (κ3) is 1.48. The van der Waals surface area contributed by atoms with E-state index in [2.05, 4.69) is 0 Å². The fourth-order valence-electron chi connectivity index (χ4n) is 2.40. The van der Waals surface area contributed by atoms with Crippen LogP contribution in [0.4, 0.5) is 4.39 Å². The van der Waals surface area contributed by atoms with Crippen molar-refractivity contribution < 1.29 is 4.39 Å². The zero-order valence-corrected chi connectivity index (χ0v) is 9.60. The van der Waals surface area contributed by atoms with Crippen molar-refractivity contribution >= 4 is 0 Å². The highest BCUT2D eigenvalue weighted by atomic mass is 19.1. The highest BCUT2D eigenvalue weighted by Gasteiger charge is 2.54.